The van der Waals surface area contributed by atoms with Crippen LogP contribution in [0.25, 0.3) is 17.0 Å². The summed E-state index contributed by atoms with van der Waals surface area (Å²) in [4.78, 5) is 37.7. The molecule has 0 aliphatic carbocycles. The van der Waals surface area contributed by atoms with E-state index in [-0.39, 0.29) is 18.8 Å². The maximum atomic E-state index is 12.8. The number of nitrogens with two attached hydrogens (primary N) is 1. The van der Waals surface area contributed by atoms with E-state index in [0.29, 0.717) is 21.2 Å². The van der Waals surface area contributed by atoms with Crippen molar-refractivity contribution < 1.29 is 14.4 Å². The van der Waals surface area contributed by atoms with Gasteiger partial charge in [0.1, 0.15) is 12.2 Å². The van der Waals surface area contributed by atoms with Crippen molar-refractivity contribution in [2.45, 2.75) is 13.1 Å². The summed E-state index contributed by atoms with van der Waals surface area (Å²) >= 11 is 12.1. The van der Waals surface area contributed by atoms with Crippen LogP contribution >= 0.6 is 23.2 Å². The van der Waals surface area contributed by atoms with E-state index in [1.807, 2.05) is 24.3 Å². The summed E-state index contributed by atoms with van der Waals surface area (Å²) in [6, 6.07) is 11.7. The van der Waals surface area contributed by atoms with Crippen molar-refractivity contribution in [2.24, 2.45) is 5.73 Å². The zero-order chi connectivity index (χ0) is 21.4. The molecule has 0 bridgehead atoms. The molecule has 30 heavy (non-hydrogen) atoms. The van der Waals surface area contributed by atoms with Crippen LogP contribution < -0.4 is 11.1 Å². The van der Waals surface area contributed by atoms with E-state index in [4.69, 9.17) is 28.9 Å². The molecule has 1 saturated heterocycles. The van der Waals surface area contributed by atoms with Crippen LogP contribution in [-0.2, 0) is 22.7 Å². The summed E-state index contributed by atoms with van der Waals surface area (Å²) < 4.78 is 1.70. The number of fused-ring (bicyclic) bond motifs is 1. The Bertz CT molecular complexity index is 1230. The maximum Gasteiger partial charge on any atom is 0.329 e. The van der Waals surface area contributed by atoms with Gasteiger partial charge in [-0.3, -0.25) is 14.5 Å². The molecule has 0 unspecified atom stereocenters. The zero-order valence-corrected chi connectivity index (χ0v) is 17.1. The standard InChI is InChI=1S/C21H16Cl2N4O3/c22-14-6-5-12(16(23)8-14)10-27-20(29)17(25-21(27)30)7-13-9-26(11-19(24)28)18-4-2-1-3-15(13)18/h1-9H,10-11H2,(H2,24,28)(H,25,30). The third-order valence-corrected chi connectivity index (χ3v) is 5.34. The Morgan fingerprint density at radius 1 is 1.13 bits per heavy atom. The maximum absolute atomic E-state index is 12.8. The zero-order valence-electron chi connectivity index (χ0n) is 15.6. The Morgan fingerprint density at radius 2 is 1.90 bits per heavy atom. The molecule has 4 rings (SSSR count). The number of nitrogens with zero attached hydrogens (tertiary/aromatic N) is 2. The molecule has 1 aliphatic rings. The van der Waals surface area contributed by atoms with Gasteiger partial charge >= 0.3 is 6.03 Å². The SMILES string of the molecule is NC(=O)Cn1cc(C=C2NC(=O)N(Cc3ccc(Cl)cc3Cl)C2=O)c2ccccc21. The lowest BCUT2D eigenvalue weighted by molar-refractivity contribution is -0.123. The first-order chi connectivity index (χ1) is 14.3. The molecule has 1 aromatic heterocycles. The van der Waals surface area contributed by atoms with Crippen molar-refractivity contribution in [1.82, 2.24) is 14.8 Å². The number of amides is 4. The van der Waals surface area contributed by atoms with E-state index < -0.39 is 17.8 Å². The number of urea groups is 1. The number of benzene rings is 2. The first-order valence-corrected chi connectivity index (χ1v) is 9.73. The van der Waals surface area contributed by atoms with Crippen LogP contribution in [0.5, 0.6) is 0 Å². The van der Waals surface area contributed by atoms with Crippen molar-refractivity contribution in [3.05, 3.63) is 75.5 Å². The normalized spacial score (nSPS) is 15.3. The number of rotatable bonds is 5. The lowest BCUT2D eigenvalue weighted by atomic mass is 10.1. The molecular weight excluding hydrogens is 427 g/mol. The fourth-order valence-corrected chi connectivity index (χ4v) is 3.85. The van der Waals surface area contributed by atoms with Crippen molar-refractivity contribution in [1.29, 1.82) is 0 Å². The molecule has 0 atom stereocenters. The second-order valence-corrected chi connectivity index (χ2v) is 7.65. The van der Waals surface area contributed by atoms with E-state index in [1.165, 1.54) is 0 Å². The van der Waals surface area contributed by atoms with Crippen molar-refractivity contribution >= 4 is 58.0 Å². The average molecular weight is 443 g/mol. The number of hydrogen-bond acceptors (Lipinski definition) is 3. The third-order valence-electron chi connectivity index (χ3n) is 4.75. The predicted octanol–water partition coefficient (Wildman–Crippen LogP) is 3.53. The molecular formula is C21H16Cl2N4O3. The number of carbonyl (C=O) groups is 3. The van der Waals surface area contributed by atoms with Gasteiger partial charge in [0.15, 0.2) is 0 Å². The molecule has 4 amide bonds. The number of aromatic nitrogens is 1. The average Bonchev–Trinajstić information content (AvgIpc) is 3.16. The number of imide groups is 1. The Balaban J connectivity index is 1.66. The van der Waals surface area contributed by atoms with Crippen LogP contribution in [0.3, 0.4) is 0 Å². The second kappa shape index (κ2) is 7.85. The molecule has 1 fully saturated rings. The van der Waals surface area contributed by atoms with Gasteiger partial charge in [-0.15, -0.1) is 0 Å². The molecule has 3 aromatic rings. The highest BCUT2D eigenvalue weighted by Crippen LogP contribution is 2.27. The van der Waals surface area contributed by atoms with E-state index >= 15 is 0 Å². The van der Waals surface area contributed by atoms with Crippen LogP contribution in [0.4, 0.5) is 4.79 Å². The Hall–Kier alpha value is -3.29. The van der Waals surface area contributed by atoms with Gasteiger partial charge in [0.2, 0.25) is 5.91 Å². The highest BCUT2D eigenvalue weighted by molar-refractivity contribution is 6.35. The van der Waals surface area contributed by atoms with E-state index in [2.05, 4.69) is 5.32 Å². The Labute approximate surface area is 181 Å². The lowest BCUT2D eigenvalue weighted by Crippen LogP contribution is -2.30. The van der Waals surface area contributed by atoms with Gasteiger partial charge < -0.3 is 15.6 Å². The van der Waals surface area contributed by atoms with E-state index in [0.717, 1.165) is 15.8 Å². The van der Waals surface area contributed by atoms with Gasteiger partial charge in [0.05, 0.1) is 6.54 Å². The van der Waals surface area contributed by atoms with Gasteiger partial charge in [0.25, 0.3) is 5.91 Å². The Kier molecular flexibility index (Phi) is 5.24. The van der Waals surface area contributed by atoms with Gasteiger partial charge in [-0.1, -0.05) is 47.5 Å². The minimum absolute atomic E-state index is 0.00514. The number of carbonyl (C=O) groups excluding carboxylic acids is 3. The number of para-hydroxylation sites is 1. The van der Waals surface area contributed by atoms with Crippen molar-refractivity contribution in [3.8, 4) is 0 Å². The van der Waals surface area contributed by atoms with Gasteiger partial charge in [-0.25, -0.2) is 4.79 Å². The number of nitrogens with one attached hydrogen (secondary N) is 1. The number of hydrogen-bond donors (Lipinski definition) is 2. The minimum Gasteiger partial charge on any atom is -0.368 e. The molecule has 152 valence electrons. The second-order valence-electron chi connectivity index (χ2n) is 6.81. The summed E-state index contributed by atoms with van der Waals surface area (Å²) in [6.07, 6.45) is 3.31. The third kappa shape index (κ3) is 3.77. The van der Waals surface area contributed by atoms with Gasteiger partial charge in [0, 0.05) is 32.7 Å². The summed E-state index contributed by atoms with van der Waals surface area (Å²) in [5, 5.41) is 4.26. The topological polar surface area (TPSA) is 97.4 Å². The van der Waals surface area contributed by atoms with Crippen LogP contribution in [-0.4, -0.2) is 27.3 Å². The van der Waals surface area contributed by atoms with Crippen LogP contribution in [0.15, 0.2) is 54.4 Å². The Morgan fingerprint density at radius 3 is 2.63 bits per heavy atom. The highest BCUT2D eigenvalue weighted by atomic mass is 35.5. The summed E-state index contributed by atoms with van der Waals surface area (Å²) in [5.74, 6) is -0.955. The first-order valence-electron chi connectivity index (χ1n) is 8.98. The minimum atomic E-state index is -0.543. The van der Waals surface area contributed by atoms with E-state index in [9.17, 15) is 14.4 Å². The molecule has 0 radical (unpaired) electrons. The molecule has 2 heterocycles. The fraction of sp³-hybridized carbons (Fsp3) is 0.0952. The number of halogens is 2. The van der Waals surface area contributed by atoms with Crippen molar-refractivity contribution in [3.63, 3.8) is 0 Å². The molecule has 7 nitrogen and oxygen atoms in total. The first kappa shape index (κ1) is 20.0. The van der Waals surface area contributed by atoms with Crippen molar-refractivity contribution in [2.75, 3.05) is 0 Å². The monoisotopic (exact) mass is 442 g/mol. The van der Waals surface area contributed by atoms with Crippen LogP contribution in [0.2, 0.25) is 10.0 Å². The summed E-state index contributed by atoms with van der Waals surface area (Å²) in [7, 11) is 0. The van der Waals surface area contributed by atoms with Crippen LogP contribution in [0, 0.1) is 0 Å². The predicted molar refractivity (Wildman–Crippen MR) is 115 cm³/mol. The molecule has 0 spiro atoms. The smallest absolute Gasteiger partial charge is 0.329 e. The summed E-state index contributed by atoms with van der Waals surface area (Å²) in [6.45, 7) is 0.0205. The molecule has 9 heteroatoms. The quantitative estimate of drug-likeness (QED) is 0.467. The van der Waals surface area contributed by atoms with E-state index in [1.54, 1.807) is 35.0 Å². The van der Waals surface area contributed by atoms with Gasteiger partial charge in [-0.2, -0.15) is 0 Å². The van der Waals surface area contributed by atoms with Gasteiger partial charge in [-0.05, 0) is 29.8 Å². The molecule has 3 N–H and O–H groups in total. The molecule has 2 aromatic carbocycles. The molecule has 0 saturated carbocycles. The fourth-order valence-electron chi connectivity index (χ4n) is 3.38. The molecule has 1 aliphatic heterocycles. The lowest BCUT2D eigenvalue weighted by Gasteiger charge is -2.13. The van der Waals surface area contributed by atoms with Crippen LogP contribution in [0.1, 0.15) is 11.1 Å². The summed E-state index contributed by atoms with van der Waals surface area (Å²) in [5.41, 5.74) is 7.54. The largest absolute Gasteiger partial charge is 0.368 e. The number of primary amides is 1. The highest BCUT2D eigenvalue weighted by Gasteiger charge is 2.34.